The zero-order valence-corrected chi connectivity index (χ0v) is 13.1. The Morgan fingerprint density at radius 3 is 2.33 bits per heavy atom. The Hall–Kier alpha value is -1.44. The van der Waals surface area contributed by atoms with Gasteiger partial charge in [0.15, 0.2) is 5.78 Å². The van der Waals surface area contributed by atoms with Gasteiger partial charge in [-0.3, -0.25) is 9.59 Å². The van der Waals surface area contributed by atoms with Crippen molar-refractivity contribution in [2.75, 3.05) is 19.3 Å². The van der Waals surface area contributed by atoms with Gasteiger partial charge in [-0.2, -0.15) is 0 Å². The Morgan fingerprint density at radius 2 is 1.76 bits per heavy atom. The molecule has 0 aliphatic heterocycles. The van der Waals surface area contributed by atoms with Crippen LogP contribution in [0.3, 0.4) is 0 Å². The van der Waals surface area contributed by atoms with E-state index in [1.165, 1.54) is 7.05 Å². The van der Waals surface area contributed by atoms with E-state index in [9.17, 15) is 18.0 Å². The summed E-state index contributed by atoms with van der Waals surface area (Å²) in [5.41, 5.74) is 0.491. The second-order valence-corrected chi connectivity index (χ2v) is 6.79. The topological polar surface area (TPSA) is 92.3 Å². The lowest BCUT2D eigenvalue weighted by molar-refractivity contribution is -0.120. The number of ketones is 1. The Labute approximate surface area is 128 Å². The molecule has 2 N–H and O–H groups in total. The second-order valence-electron chi connectivity index (χ2n) is 4.30. The molecule has 0 bridgehead atoms. The van der Waals surface area contributed by atoms with E-state index in [1.807, 2.05) is 0 Å². The molecule has 0 unspecified atom stereocenters. The number of carbonyl (C=O) groups is 2. The third kappa shape index (κ3) is 6.70. The number of benzene rings is 1. The molecule has 116 valence electrons. The summed E-state index contributed by atoms with van der Waals surface area (Å²) in [6.07, 6.45) is 0.0767. The van der Waals surface area contributed by atoms with Crippen LogP contribution in [0.2, 0.25) is 5.02 Å². The van der Waals surface area contributed by atoms with Crippen LogP contribution >= 0.6 is 11.6 Å². The minimum atomic E-state index is -3.34. The third-order valence-corrected chi connectivity index (χ3v) is 4.36. The van der Waals surface area contributed by atoms with Gasteiger partial charge in [0.25, 0.3) is 0 Å². The zero-order chi connectivity index (χ0) is 15.9. The van der Waals surface area contributed by atoms with Gasteiger partial charge >= 0.3 is 0 Å². The average Bonchev–Trinajstić information content (AvgIpc) is 2.45. The first-order valence-corrected chi connectivity index (χ1v) is 8.34. The predicted molar refractivity (Wildman–Crippen MR) is 80.9 cm³/mol. The van der Waals surface area contributed by atoms with Crippen molar-refractivity contribution in [1.82, 2.24) is 10.0 Å². The van der Waals surface area contributed by atoms with Gasteiger partial charge in [-0.1, -0.05) is 11.6 Å². The first-order valence-electron chi connectivity index (χ1n) is 6.31. The molecule has 0 aliphatic carbocycles. The summed E-state index contributed by atoms with van der Waals surface area (Å²) in [6, 6.07) is 6.42. The monoisotopic (exact) mass is 332 g/mol. The van der Waals surface area contributed by atoms with Gasteiger partial charge in [-0.05, 0) is 31.3 Å². The molecule has 0 radical (unpaired) electrons. The van der Waals surface area contributed by atoms with Crippen molar-refractivity contribution >= 4 is 33.3 Å². The highest BCUT2D eigenvalue weighted by molar-refractivity contribution is 7.89. The van der Waals surface area contributed by atoms with E-state index in [2.05, 4.69) is 10.0 Å². The summed E-state index contributed by atoms with van der Waals surface area (Å²) < 4.78 is 24.4. The molecule has 0 fully saturated rings. The highest BCUT2D eigenvalue weighted by Gasteiger charge is 2.11. The Morgan fingerprint density at radius 1 is 1.14 bits per heavy atom. The number of amides is 1. The van der Waals surface area contributed by atoms with E-state index in [0.717, 1.165) is 0 Å². The highest BCUT2D eigenvalue weighted by atomic mass is 35.5. The number of nitrogens with one attached hydrogen (secondary N) is 2. The average molecular weight is 333 g/mol. The van der Waals surface area contributed by atoms with E-state index < -0.39 is 10.0 Å². The number of hydrogen-bond acceptors (Lipinski definition) is 4. The van der Waals surface area contributed by atoms with E-state index >= 15 is 0 Å². The lowest BCUT2D eigenvalue weighted by atomic mass is 10.1. The fraction of sp³-hybridized carbons (Fsp3) is 0.385. The van der Waals surface area contributed by atoms with Gasteiger partial charge < -0.3 is 5.32 Å². The summed E-state index contributed by atoms with van der Waals surface area (Å²) in [7, 11) is -2.03. The SMILES string of the molecule is CNS(=O)(=O)CCNC(=O)CCC(=O)c1ccc(Cl)cc1. The van der Waals surface area contributed by atoms with Crippen LogP contribution in [0, 0.1) is 0 Å². The lowest BCUT2D eigenvalue weighted by Crippen LogP contribution is -2.33. The molecular formula is C13H17ClN2O4S. The van der Waals surface area contributed by atoms with Crippen molar-refractivity contribution in [1.29, 1.82) is 0 Å². The number of sulfonamides is 1. The fourth-order valence-corrected chi connectivity index (χ4v) is 2.22. The molecule has 0 heterocycles. The Bertz CT molecular complexity index is 599. The van der Waals surface area contributed by atoms with E-state index in [-0.39, 0.29) is 36.8 Å². The van der Waals surface area contributed by atoms with Crippen LogP contribution in [-0.2, 0) is 14.8 Å². The quantitative estimate of drug-likeness (QED) is 0.694. The highest BCUT2D eigenvalue weighted by Crippen LogP contribution is 2.11. The molecule has 21 heavy (non-hydrogen) atoms. The van der Waals surface area contributed by atoms with E-state index in [4.69, 9.17) is 11.6 Å². The van der Waals surface area contributed by atoms with Crippen molar-refractivity contribution < 1.29 is 18.0 Å². The Kier molecular flexibility index (Phi) is 6.80. The number of rotatable bonds is 8. The zero-order valence-electron chi connectivity index (χ0n) is 11.6. The summed E-state index contributed by atoms with van der Waals surface area (Å²) in [5, 5.41) is 2.99. The molecule has 8 heteroatoms. The van der Waals surface area contributed by atoms with Crippen LogP contribution in [0.1, 0.15) is 23.2 Å². The molecule has 0 saturated carbocycles. The third-order valence-electron chi connectivity index (χ3n) is 2.75. The van der Waals surface area contributed by atoms with Gasteiger partial charge in [-0.15, -0.1) is 0 Å². The number of Topliss-reactive ketones (excluding diaryl/α,β-unsaturated/α-hetero) is 1. The molecular weight excluding hydrogens is 316 g/mol. The molecule has 1 amide bonds. The van der Waals surface area contributed by atoms with Crippen LogP contribution in [0.15, 0.2) is 24.3 Å². The van der Waals surface area contributed by atoms with Crippen molar-refractivity contribution in [3.05, 3.63) is 34.9 Å². The molecule has 1 aromatic carbocycles. The van der Waals surface area contributed by atoms with Crippen molar-refractivity contribution in [3.8, 4) is 0 Å². The first-order chi connectivity index (χ1) is 9.84. The summed E-state index contributed by atoms with van der Waals surface area (Å²) >= 11 is 5.72. The fourth-order valence-electron chi connectivity index (χ4n) is 1.52. The Balaban J connectivity index is 2.33. The predicted octanol–water partition coefficient (Wildman–Crippen LogP) is 0.968. The second kappa shape index (κ2) is 8.11. The molecule has 0 atom stereocenters. The molecule has 0 aromatic heterocycles. The number of halogens is 1. The van der Waals surface area contributed by atoms with Gasteiger partial charge in [0.05, 0.1) is 5.75 Å². The number of hydrogen-bond donors (Lipinski definition) is 2. The van der Waals surface area contributed by atoms with E-state index in [1.54, 1.807) is 24.3 Å². The standard InChI is InChI=1S/C13H17ClN2O4S/c1-15-21(19,20)9-8-16-13(18)7-6-12(17)10-2-4-11(14)5-3-10/h2-5,15H,6-9H2,1H3,(H,16,18). The molecule has 0 spiro atoms. The van der Waals surface area contributed by atoms with Gasteiger partial charge in [0, 0.05) is 30.0 Å². The molecule has 0 aliphatic rings. The van der Waals surface area contributed by atoms with Gasteiger partial charge in [-0.25, -0.2) is 13.1 Å². The van der Waals surface area contributed by atoms with Crippen LogP contribution in [-0.4, -0.2) is 39.5 Å². The van der Waals surface area contributed by atoms with Crippen molar-refractivity contribution in [3.63, 3.8) is 0 Å². The summed E-state index contributed by atoms with van der Waals surface area (Å²) in [4.78, 5) is 23.3. The molecule has 6 nitrogen and oxygen atoms in total. The van der Waals surface area contributed by atoms with E-state index in [0.29, 0.717) is 10.6 Å². The van der Waals surface area contributed by atoms with Crippen LogP contribution < -0.4 is 10.0 Å². The smallest absolute Gasteiger partial charge is 0.220 e. The van der Waals surface area contributed by atoms with Crippen molar-refractivity contribution in [2.45, 2.75) is 12.8 Å². The molecule has 1 aromatic rings. The van der Waals surface area contributed by atoms with Crippen LogP contribution in [0.5, 0.6) is 0 Å². The maximum absolute atomic E-state index is 11.8. The van der Waals surface area contributed by atoms with Gasteiger partial charge in [0.2, 0.25) is 15.9 Å². The summed E-state index contributed by atoms with van der Waals surface area (Å²) in [6.45, 7) is 0.0111. The largest absolute Gasteiger partial charge is 0.355 e. The van der Waals surface area contributed by atoms with Crippen LogP contribution in [0.4, 0.5) is 0 Å². The lowest BCUT2D eigenvalue weighted by Gasteiger charge is -2.05. The normalized spacial score (nSPS) is 11.1. The molecule has 1 rings (SSSR count). The first kappa shape index (κ1) is 17.6. The minimum Gasteiger partial charge on any atom is -0.355 e. The minimum absolute atomic E-state index is 0.0111. The number of carbonyl (C=O) groups excluding carboxylic acids is 2. The molecule has 0 saturated heterocycles. The van der Waals surface area contributed by atoms with Gasteiger partial charge in [0.1, 0.15) is 0 Å². The van der Waals surface area contributed by atoms with Crippen LogP contribution in [0.25, 0.3) is 0 Å². The van der Waals surface area contributed by atoms with Crippen molar-refractivity contribution in [2.24, 2.45) is 0 Å². The maximum atomic E-state index is 11.8. The maximum Gasteiger partial charge on any atom is 0.220 e. The summed E-state index contributed by atoms with van der Waals surface area (Å²) in [5.74, 6) is -0.714.